The van der Waals surface area contributed by atoms with Crippen LogP contribution < -0.4 is 11.1 Å². The van der Waals surface area contributed by atoms with Gasteiger partial charge in [-0.05, 0) is 44.0 Å². The molecular formula is C20H21N5O2S. The van der Waals surface area contributed by atoms with E-state index in [1.807, 2.05) is 6.92 Å². The SMILES string of the molecule is Cc1nc(C2CC2)nc2sc(C(=O)Nc3ccc(C(=O)N(C)C)cc3)c(N)c12. The van der Waals surface area contributed by atoms with Crippen molar-refractivity contribution in [3.63, 3.8) is 0 Å². The number of anilines is 2. The van der Waals surface area contributed by atoms with E-state index >= 15 is 0 Å². The summed E-state index contributed by atoms with van der Waals surface area (Å²) < 4.78 is 0. The molecule has 1 saturated carbocycles. The van der Waals surface area contributed by atoms with E-state index in [4.69, 9.17) is 5.73 Å². The van der Waals surface area contributed by atoms with E-state index in [0.29, 0.717) is 27.7 Å². The lowest BCUT2D eigenvalue weighted by Gasteiger charge is -2.11. The molecule has 7 nitrogen and oxygen atoms in total. The Morgan fingerprint density at radius 1 is 1.18 bits per heavy atom. The Morgan fingerprint density at radius 2 is 1.86 bits per heavy atom. The number of carbonyl (C=O) groups is 2. The third-order valence-electron chi connectivity index (χ3n) is 4.73. The lowest BCUT2D eigenvalue weighted by molar-refractivity contribution is 0.0827. The first kappa shape index (κ1) is 18.4. The van der Waals surface area contributed by atoms with Crippen molar-refractivity contribution in [3.05, 3.63) is 46.2 Å². The van der Waals surface area contributed by atoms with Crippen molar-refractivity contribution < 1.29 is 9.59 Å². The van der Waals surface area contributed by atoms with E-state index < -0.39 is 0 Å². The van der Waals surface area contributed by atoms with Gasteiger partial charge in [-0.2, -0.15) is 0 Å². The molecule has 1 aliphatic carbocycles. The lowest BCUT2D eigenvalue weighted by atomic mass is 10.2. The van der Waals surface area contributed by atoms with Gasteiger partial charge in [0.1, 0.15) is 15.5 Å². The smallest absolute Gasteiger partial charge is 0.267 e. The third-order valence-corrected chi connectivity index (χ3v) is 5.83. The molecule has 0 unspecified atom stereocenters. The van der Waals surface area contributed by atoms with Crippen LogP contribution in [-0.4, -0.2) is 40.8 Å². The zero-order chi connectivity index (χ0) is 20.0. The summed E-state index contributed by atoms with van der Waals surface area (Å²) in [5, 5.41) is 3.60. The third kappa shape index (κ3) is 3.31. The van der Waals surface area contributed by atoms with Gasteiger partial charge < -0.3 is 16.0 Å². The number of fused-ring (bicyclic) bond motifs is 1. The van der Waals surface area contributed by atoms with Gasteiger partial charge in [0.2, 0.25) is 0 Å². The molecule has 0 spiro atoms. The fraction of sp³-hybridized carbons (Fsp3) is 0.300. The average molecular weight is 395 g/mol. The summed E-state index contributed by atoms with van der Waals surface area (Å²) in [6, 6.07) is 6.77. The fourth-order valence-electron chi connectivity index (χ4n) is 3.05. The number of benzene rings is 1. The van der Waals surface area contributed by atoms with Crippen LogP contribution in [0.5, 0.6) is 0 Å². The van der Waals surface area contributed by atoms with Gasteiger partial charge in [0.05, 0.1) is 16.8 Å². The maximum Gasteiger partial charge on any atom is 0.267 e. The van der Waals surface area contributed by atoms with Crippen LogP contribution in [0.25, 0.3) is 10.2 Å². The molecule has 144 valence electrons. The Bertz CT molecular complexity index is 1080. The van der Waals surface area contributed by atoms with Crippen LogP contribution in [-0.2, 0) is 0 Å². The van der Waals surface area contributed by atoms with Crippen molar-refractivity contribution in [2.24, 2.45) is 0 Å². The van der Waals surface area contributed by atoms with Crippen LogP contribution in [0.2, 0.25) is 0 Å². The van der Waals surface area contributed by atoms with Crippen molar-refractivity contribution in [1.82, 2.24) is 14.9 Å². The van der Waals surface area contributed by atoms with Gasteiger partial charge in [0.25, 0.3) is 11.8 Å². The zero-order valence-electron chi connectivity index (χ0n) is 15.9. The quantitative estimate of drug-likeness (QED) is 0.705. The molecule has 0 atom stereocenters. The highest BCUT2D eigenvalue weighted by Gasteiger charge is 2.28. The van der Waals surface area contributed by atoms with E-state index in [1.165, 1.54) is 16.2 Å². The van der Waals surface area contributed by atoms with Crippen LogP contribution in [0.4, 0.5) is 11.4 Å². The van der Waals surface area contributed by atoms with E-state index in [1.54, 1.807) is 38.4 Å². The Morgan fingerprint density at radius 3 is 2.46 bits per heavy atom. The summed E-state index contributed by atoms with van der Waals surface area (Å²) in [5.74, 6) is 0.901. The number of nitrogens with two attached hydrogens (primary N) is 1. The summed E-state index contributed by atoms with van der Waals surface area (Å²) in [7, 11) is 3.39. The Kier molecular flexibility index (Phi) is 4.50. The lowest BCUT2D eigenvalue weighted by Crippen LogP contribution is -2.21. The van der Waals surface area contributed by atoms with E-state index in [2.05, 4.69) is 15.3 Å². The van der Waals surface area contributed by atoms with Crippen LogP contribution in [0.1, 0.15) is 50.3 Å². The normalized spacial score (nSPS) is 13.5. The van der Waals surface area contributed by atoms with Gasteiger partial charge in [-0.3, -0.25) is 9.59 Å². The van der Waals surface area contributed by atoms with Crippen LogP contribution >= 0.6 is 11.3 Å². The number of hydrogen-bond donors (Lipinski definition) is 2. The molecule has 28 heavy (non-hydrogen) atoms. The molecule has 0 saturated heterocycles. The Balaban J connectivity index is 1.59. The number of aryl methyl sites for hydroxylation is 1. The second-order valence-corrected chi connectivity index (χ2v) is 8.20. The topological polar surface area (TPSA) is 101 Å². The number of thiophene rings is 1. The molecule has 3 N–H and O–H groups in total. The van der Waals surface area contributed by atoms with Gasteiger partial charge >= 0.3 is 0 Å². The number of hydrogen-bond acceptors (Lipinski definition) is 6. The van der Waals surface area contributed by atoms with Gasteiger partial charge in [0.15, 0.2) is 0 Å². The summed E-state index contributed by atoms with van der Waals surface area (Å²) in [6.45, 7) is 1.90. The van der Waals surface area contributed by atoms with Gasteiger partial charge in [-0.15, -0.1) is 11.3 Å². The molecule has 0 bridgehead atoms. The minimum absolute atomic E-state index is 0.0906. The van der Waals surface area contributed by atoms with Crippen molar-refractivity contribution in [1.29, 1.82) is 0 Å². The molecule has 1 fully saturated rings. The number of amides is 2. The highest BCUT2D eigenvalue weighted by atomic mass is 32.1. The number of nitrogens with zero attached hydrogens (tertiary/aromatic N) is 3. The van der Waals surface area contributed by atoms with Crippen LogP contribution in [0.3, 0.4) is 0 Å². The number of nitrogen functional groups attached to an aromatic ring is 1. The molecule has 3 aromatic rings. The molecule has 2 heterocycles. The molecule has 0 radical (unpaired) electrons. The largest absolute Gasteiger partial charge is 0.397 e. The number of carbonyl (C=O) groups excluding carboxylic acids is 2. The molecule has 1 aliphatic rings. The Labute approximate surface area is 166 Å². The average Bonchev–Trinajstić information content (AvgIpc) is 3.45. The zero-order valence-corrected chi connectivity index (χ0v) is 16.8. The molecule has 2 aromatic heterocycles. The predicted octanol–water partition coefficient (Wildman–Crippen LogP) is 3.41. The first-order valence-corrected chi connectivity index (χ1v) is 9.86. The first-order chi connectivity index (χ1) is 13.3. The second kappa shape index (κ2) is 6.87. The van der Waals surface area contributed by atoms with Gasteiger partial charge in [-0.25, -0.2) is 9.97 Å². The van der Waals surface area contributed by atoms with Crippen molar-refractivity contribution in [2.45, 2.75) is 25.7 Å². The molecule has 2 amide bonds. The maximum absolute atomic E-state index is 12.8. The minimum atomic E-state index is -0.292. The number of nitrogens with one attached hydrogen (secondary N) is 1. The molecular weight excluding hydrogens is 374 g/mol. The van der Waals surface area contributed by atoms with Gasteiger partial charge in [0, 0.05) is 31.3 Å². The van der Waals surface area contributed by atoms with E-state index in [0.717, 1.165) is 34.6 Å². The van der Waals surface area contributed by atoms with Crippen molar-refractivity contribution >= 4 is 44.7 Å². The molecule has 0 aliphatic heterocycles. The maximum atomic E-state index is 12.8. The van der Waals surface area contributed by atoms with Gasteiger partial charge in [-0.1, -0.05) is 0 Å². The summed E-state index contributed by atoms with van der Waals surface area (Å²) >= 11 is 1.29. The standard InChI is InChI=1S/C20H21N5O2S/c1-10-14-15(21)16(28-19(14)24-17(22-10)11-4-5-11)18(26)23-13-8-6-12(7-9-13)20(27)25(2)3/h6-9,11H,4-5,21H2,1-3H3,(H,23,26). The number of rotatable bonds is 4. The molecule has 4 rings (SSSR count). The number of aromatic nitrogens is 2. The first-order valence-electron chi connectivity index (χ1n) is 9.04. The summed E-state index contributed by atoms with van der Waals surface area (Å²) in [4.78, 5) is 36.6. The highest BCUT2D eigenvalue weighted by Crippen LogP contribution is 2.41. The van der Waals surface area contributed by atoms with E-state index in [-0.39, 0.29) is 11.8 Å². The Hall–Kier alpha value is -3.00. The highest BCUT2D eigenvalue weighted by molar-refractivity contribution is 7.21. The second-order valence-electron chi connectivity index (χ2n) is 7.20. The predicted molar refractivity (Wildman–Crippen MR) is 111 cm³/mol. The monoisotopic (exact) mass is 395 g/mol. The minimum Gasteiger partial charge on any atom is -0.397 e. The van der Waals surface area contributed by atoms with Crippen LogP contribution in [0, 0.1) is 6.92 Å². The van der Waals surface area contributed by atoms with E-state index in [9.17, 15) is 9.59 Å². The molecule has 1 aromatic carbocycles. The summed E-state index contributed by atoms with van der Waals surface area (Å²) in [6.07, 6.45) is 2.23. The van der Waals surface area contributed by atoms with Crippen molar-refractivity contribution in [2.75, 3.05) is 25.1 Å². The molecule has 8 heteroatoms. The van der Waals surface area contributed by atoms with Crippen LogP contribution in [0.15, 0.2) is 24.3 Å². The summed E-state index contributed by atoms with van der Waals surface area (Å²) in [5.41, 5.74) is 8.63. The fourth-order valence-corrected chi connectivity index (χ4v) is 4.10. The van der Waals surface area contributed by atoms with Crippen molar-refractivity contribution in [3.8, 4) is 0 Å².